The molecule has 2 aliphatic heterocycles. The highest BCUT2D eigenvalue weighted by Gasteiger charge is 2.35. The average Bonchev–Trinajstić information content (AvgIpc) is 3.57. The van der Waals surface area contributed by atoms with Gasteiger partial charge in [-0.3, -0.25) is 14.9 Å². The van der Waals surface area contributed by atoms with Gasteiger partial charge in [0.2, 0.25) is 0 Å². The van der Waals surface area contributed by atoms with E-state index < -0.39 is 0 Å². The minimum atomic E-state index is -0.362. The van der Waals surface area contributed by atoms with Gasteiger partial charge in [-0.25, -0.2) is 0 Å². The average molecular weight is 483 g/mol. The van der Waals surface area contributed by atoms with E-state index in [4.69, 9.17) is 4.74 Å². The summed E-state index contributed by atoms with van der Waals surface area (Å²) in [4.78, 5) is 32.0. The molecule has 2 aromatic heterocycles. The van der Waals surface area contributed by atoms with Crippen LogP contribution < -0.4 is 10.1 Å². The van der Waals surface area contributed by atoms with Gasteiger partial charge in [0.25, 0.3) is 11.8 Å². The van der Waals surface area contributed by atoms with E-state index in [1.54, 1.807) is 7.11 Å². The number of H-pyrrole nitrogens is 1. The van der Waals surface area contributed by atoms with Crippen molar-refractivity contribution < 1.29 is 14.3 Å². The van der Waals surface area contributed by atoms with Gasteiger partial charge in [0.05, 0.1) is 23.8 Å². The molecule has 4 heterocycles. The number of nitrogens with zero attached hydrogens (tertiary/aromatic N) is 2. The molecular formula is C29H30N4O3. The maximum absolute atomic E-state index is 13.2. The van der Waals surface area contributed by atoms with Crippen LogP contribution in [0.3, 0.4) is 0 Å². The predicted octanol–water partition coefficient (Wildman–Crippen LogP) is 4.57. The maximum Gasteiger partial charge on any atom is 0.259 e. The quantitative estimate of drug-likeness (QED) is 0.378. The van der Waals surface area contributed by atoms with Gasteiger partial charge in [0.15, 0.2) is 0 Å². The normalized spacial score (nSPS) is 16.9. The van der Waals surface area contributed by atoms with Crippen molar-refractivity contribution in [3.05, 3.63) is 66.0 Å². The van der Waals surface area contributed by atoms with E-state index in [0.29, 0.717) is 11.1 Å². The molecule has 4 aromatic rings. The Morgan fingerprint density at radius 1 is 0.889 bits per heavy atom. The summed E-state index contributed by atoms with van der Waals surface area (Å²) < 4.78 is 7.71. The summed E-state index contributed by atoms with van der Waals surface area (Å²) in [5, 5.41) is 4.40. The number of nitrogens with one attached hydrogen (secondary N) is 2. The summed E-state index contributed by atoms with van der Waals surface area (Å²) in [7, 11) is 1.66. The SMILES string of the molecule is COc1ccc2c(C3=C(c4c[nH]c5ccccc45)C(=O)NC3=O)cn(CCCN3CCCCC3)c2c1. The lowest BCUT2D eigenvalue weighted by atomic mass is 9.95. The number of rotatable bonds is 7. The van der Waals surface area contributed by atoms with Gasteiger partial charge in [0, 0.05) is 52.4 Å². The van der Waals surface area contributed by atoms with Crippen molar-refractivity contribution in [2.45, 2.75) is 32.2 Å². The molecule has 0 unspecified atom stereocenters. The van der Waals surface area contributed by atoms with Gasteiger partial charge in [-0.1, -0.05) is 24.6 Å². The molecule has 0 bridgehead atoms. The van der Waals surface area contributed by atoms with Crippen LogP contribution in [0.1, 0.15) is 36.8 Å². The van der Waals surface area contributed by atoms with Gasteiger partial charge in [-0.15, -0.1) is 0 Å². The lowest BCUT2D eigenvalue weighted by Gasteiger charge is -2.26. The summed E-state index contributed by atoms with van der Waals surface area (Å²) in [6, 6.07) is 13.7. The molecular weight excluding hydrogens is 452 g/mol. The van der Waals surface area contributed by atoms with Crippen molar-refractivity contribution in [3.8, 4) is 5.75 Å². The Hall–Kier alpha value is -3.84. The Morgan fingerprint density at radius 2 is 1.67 bits per heavy atom. The summed E-state index contributed by atoms with van der Waals surface area (Å²) in [6.07, 6.45) is 8.75. The van der Waals surface area contributed by atoms with Gasteiger partial charge in [-0.2, -0.15) is 0 Å². The Morgan fingerprint density at radius 3 is 2.47 bits per heavy atom. The number of likely N-dealkylation sites (tertiary alicyclic amines) is 1. The number of ether oxygens (including phenoxy) is 1. The van der Waals surface area contributed by atoms with Crippen molar-refractivity contribution in [2.24, 2.45) is 0 Å². The molecule has 7 nitrogen and oxygen atoms in total. The van der Waals surface area contributed by atoms with E-state index in [9.17, 15) is 9.59 Å². The van der Waals surface area contributed by atoms with E-state index in [1.165, 1.54) is 32.4 Å². The zero-order chi connectivity index (χ0) is 24.6. The lowest BCUT2D eigenvalue weighted by molar-refractivity contribution is -0.122. The second-order valence-corrected chi connectivity index (χ2v) is 9.66. The number of hydrogen-bond acceptors (Lipinski definition) is 4. The molecule has 1 fully saturated rings. The highest BCUT2D eigenvalue weighted by Crippen LogP contribution is 2.39. The summed E-state index contributed by atoms with van der Waals surface area (Å²) >= 11 is 0. The van der Waals surface area contributed by atoms with E-state index in [2.05, 4.69) is 19.8 Å². The summed E-state index contributed by atoms with van der Waals surface area (Å²) in [5.41, 5.74) is 4.28. The van der Waals surface area contributed by atoms with Crippen LogP contribution in [-0.4, -0.2) is 53.0 Å². The van der Waals surface area contributed by atoms with E-state index >= 15 is 0 Å². The minimum absolute atomic E-state index is 0.358. The largest absolute Gasteiger partial charge is 0.497 e. The van der Waals surface area contributed by atoms with E-state index in [-0.39, 0.29) is 11.8 Å². The number of piperidine rings is 1. The summed E-state index contributed by atoms with van der Waals surface area (Å²) in [6.45, 7) is 4.23. The third-order valence-corrected chi connectivity index (χ3v) is 7.47. The van der Waals surface area contributed by atoms with Crippen molar-refractivity contribution in [1.29, 1.82) is 0 Å². The van der Waals surface area contributed by atoms with Crippen molar-refractivity contribution in [2.75, 3.05) is 26.7 Å². The molecule has 0 spiro atoms. The van der Waals surface area contributed by atoms with Crippen LogP contribution in [0.25, 0.3) is 33.0 Å². The molecule has 2 aliphatic rings. The first-order valence-electron chi connectivity index (χ1n) is 12.7. The fourth-order valence-electron chi connectivity index (χ4n) is 5.68. The van der Waals surface area contributed by atoms with Crippen molar-refractivity contribution >= 4 is 44.8 Å². The number of aromatic amines is 1. The third-order valence-electron chi connectivity index (χ3n) is 7.47. The number of aromatic nitrogens is 2. The smallest absolute Gasteiger partial charge is 0.259 e. The van der Waals surface area contributed by atoms with Crippen LogP contribution in [0.5, 0.6) is 5.75 Å². The molecule has 0 aliphatic carbocycles. The molecule has 7 heteroatoms. The fraction of sp³-hybridized carbons (Fsp3) is 0.310. The zero-order valence-corrected chi connectivity index (χ0v) is 20.5. The van der Waals surface area contributed by atoms with Crippen LogP contribution in [0.2, 0.25) is 0 Å². The molecule has 1 saturated heterocycles. The Bertz CT molecular complexity index is 1500. The molecule has 0 saturated carbocycles. The lowest BCUT2D eigenvalue weighted by Crippen LogP contribution is -2.31. The van der Waals surface area contributed by atoms with E-state index in [0.717, 1.165) is 58.2 Å². The standard InChI is InChI=1S/C29H30N4O3/c1-36-19-10-11-21-23(18-33(25(21)16-19)15-7-14-32-12-5-2-6-13-32)27-26(28(34)31-29(27)35)22-17-30-24-9-4-3-8-20(22)24/h3-4,8-11,16-18,30H,2,5-7,12-15H2,1H3,(H,31,34,35). The van der Waals surface area contributed by atoms with Gasteiger partial charge >= 0.3 is 0 Å². The van der Waals surface area contributed by atoms with Crippen molar-refractivity contribution in [1.82, 2.24) is 19.8 Å². The summed E-state index contributed by atoms with van der Waals surface area (Å²) in [5.74, 6) is 0.0462. The number of carbonyl (C=O) groups excluding carboxylic acids is 2. The fourth-order valence-corrected chi connectivity index (χ4v) is 5.68. The highest BCUT2D eigenvalue weighted by atomic mass is 16.5. The van der Waals surface area contributed by atoms with Crippen LogP contribution in [0.15, 0.2) is 54.9 Å². The number of para-hydroxylation sites is 1. The second-order valence-electron chi connectivity index (χ2n) is 9.66. The number of imide groups is 1. The topological polar surface area (TPSA) is 79.4 Å². The second kappa shape index (κ2) is 9.32. The van der Waals surface area contributed by atoms with Gasteiger partial charge in [-0.05, 0) is 57.1 Å². The van der Waals surface area contributed by atoms with Crippen LogP contribution in [0, 0.1) is 0 Å². The van der Waals surface area contributed by atoms with Gasteiger partial charge in [0.1, 0.15) is 5.75 Å². The first kappa shape index (κ1) is 22.6. The molecule has 0 radical (unpaired) electrons. The zero-order valence-electron chi connectivity index (χ0n) is 20.5. The Balaban J connectivity index is 1.45. The molecule has 36 heavy (non-hydrogen) atoms. The highest BCUT2D eigenvalue weighted by molar-refractivity contribution is 6.50. The number of benzene rings is 2. The monoisotopic (exact) mass is 482 g/mol. The van der Waals surface area contributed by atoms with Crippen molar-refractivity contribution in [3.63, 3.8) is 0 Å². The first-order valence-corrected chi connectivity index (χ1v) is 12.7. The van der Waals surface area contributed by atoms with Crippen LogP contribution in [0.4, 0.5) is 0 Å². The number of hydrogen-bond donors (Lipinski definition) is 2. The van der Waals surface area contributed by atoms with Gasteiger partial charge < -0.3 is 19.2 Å². The number of aryl methyl sites for hydroxylation is 1. The number of amides is 2. The predicted molar refractivity (Wildman–Crippen MR) is 142 cm³/mol. The van der Waals surface area contributed by atoms with Crippen LogP contribution >= 0.6 is 0 Å². The molecule has 184 valence electrons. The molecule has 2 aromatic carbocycles. The number of methoxy groups -OCH3 is 1. The molecule has 2 amide bonds. The number of fused-ring (bicyclic) bond motifs is 2. The molecule has 0 atom stereocenters. The number of carbonyl (C=O) groups is 2. The first-order chi connectivity index (χ1) is 17.6. The minimum Gasteiger partial charge on any atom is -0.497 e. The third kappa shape index (κ3) is 3.89. The van der Waals surface area contributed by atoms with Crippen LogP contribution in [-0.2, 0) is 16.1 Å². The Kier molecular flexibility index (Phi) is 5.85. The molecule has 2 N–H and O–H groups in total. The molecule has 6 rings (SSSR count). The Labute approximate surface area is 209 Å². The maximum atomic E-state index is 13.2. The van der Waals surface area contributed by atoms with E-state index in [1.807, 2.05) is 54.9 Å².